The molecule has 0 aliphatic rings. The van der Waals surface area contributed by atoms with Crippen LogP contribution in [0.15, 0.2) is 224 Å². The van der Waals surface area contributed by atoms with Gasteiger partial charge in [-0.2, -0.15) is 0 Å². The fraction of sp³-hybridized carbons (Fsp3) is 0. The molecule has 1 aromatic heterocycles. The highest BCUT2D eigenvalue weighted by atomic mass is 32.1. The third kappa shape index (κ3) is 6.03. The molecule has 0 fully saturated rings. The van der Waals surface area contributed by atoms with Gasteiger partial charge >= 0.3 is 0 Å². The Kier molecular flexibility index (Phi) is 8.42. The molecule has 58 heavy (non-hydrogen) atoms. The van der Waals surface area contributed by atoms with Crippen molar-refractivity contribution >= 4 is 70.1 Å². The average molecular weight is 756 g/mol. The van der Waals surface area contributed by atoms with Crippen LogP contribution >= 0.6 is 11.3 Å². The third-order valence-corrected chi connectivity index (χ3v) is 12.7. The Labute approximate surface area is 342 Å². The van der Waals surface area contributed by atoms with Gasteiger partial charge in [0.25, 0.3) is 0 Å². The molecule has 1 heterocycles. The summed E-state index contributed by atoms with van der Waals surface area (Å²) in [4.78, 5) is 2.37. The lowest BCUT2D eigenvalue weighted by Crippen LogP contribution is -2.09. The van der Waals surface area contributed by atoms with E-state index in [-0.39, 0.29) is 0 Å². The lowest BCUT2D eigenvalue weighted by molar-refractivity contribution is 1.28. The molecule has 0 unspecified atom stereocenters. The molecule has 0 amide bonds. The molecule has 0 aliphatic carbocycles. The second-order valence-corrected chi connectivity index (χ2v) is 15.9. The van der Waals surface area contributed by atoms with Gasteiger partial charge in [-0.15, -0.1) is 11.3 Å². The van der Waals surface area contributed by atoms with Crippen LogP contribution < -0.4 is 4.90 Å². The molecule has 272 valence electrons. The lowest BCUT2D eigenvalue weighted by Gasteiger charge is -2.26. The maximum atomic E-state index is 2.37. The van der Waals surface area contributed by atoms with Gasteiger partial charge in [-0.05, 0) is 109 Å². The first-order valence-electron chi connectivity index (χ1n) is 19.8. The van der Waals surface area contributed by atoms with Crippen molar-refractivity contribution in [2.24, 2.45) is 0 Å². The first-order chi connectivity index (χ1) is 28.7. The smallest absolute Gasteiger partial charge is 0.0462 e. The number of thiophene rings is 1. The SMILES string of the molecule is c1ccc2c(-c3ccc(-c4ccc(N(c5ccc(-c6cccc7ccccc67)cc5)c5ccc(-c6cccc7c6sc6ccccc67)cc5)cc4)cc3)cccc2c1. The second kappa shape index (κ2) is 14.4. The average Bonchev–Trinajstić information content (AvgIpc) is 3.69. The van der Waals surface area contributed by atoms with Gasteiger partial charge in [0.05, 0.1) is 0 Å². The highest BCUT2D eigenvalue weighted by Crippen LogP contribution is 2.42. The van der Waals surface area contributed by atoms with Gasteiger partial charge in [-0.3, -0.25) is 0 Å². The predicted octanol–water partition coefficient (Wildman–Crippen LogP) is 16.5. The summed E-state index contributed by atoms with van der Waals surface area (Å²) >= 11 is 1.88. The summed E-state index contributed by atoms with van der Waals surface area (Å²) in [6, 6.07) is 81.8. The first kappa shape index (κ1) is 34.0. The van der Waals surface area contributed by atoms with Gasteiger partial charge in [0, 0.05) is 37.2 Å². The minimum atomic E-state index is 1.10. The van der Waals surface area contributed by atoms with Gasteiger partial charge in [-0.25, -0.2) is 0 Å². The van der Waals surface area contributed by atoms with Crippen molar-refractivity contribution in [3.63, 3.8) is 0 Å². The second-order valence-electron chi connectivity index (χ2n) is 14.9. The Morgan fingerprint density at radius 2 is 0.621 bits per heavy atom. The van der Waals surface area contributed by atoms with E-state index in [1.807, 2.05) is 11.3 Å². The van der Waals surface area contributed by atoms with Crippen molar-refractivity contribution in [1.82, 2.24) is 0 Å². The Morgan fingerprint density at radius 1 is 0.259 bits per heavy atom. The summed E-state index contributed by atoms with van der Waals surface area (Å²) in [6.07, 6.45) is 0. The fourth-order valence-electron chi connectivity index (χ4n) is 8.60. The van der Waals surface area contributed by atoms with Crippen molar-refractivity contribution in [2.75, 3.05) is 4.90 Å². The lowest BCUT2D eigenvalue weighted by atomic mass is 9.96. The summed E-state index contributed by atoms with van der Waals surface area (Å²) < 4.78 is 2.65. The molecule has 0 saturated carbocycles. The zero-order chi connectivity index (χ0) is 38.4. The first-order valence-corrected chi connectivity index (χ1v) is 20.6. The van der Waals surface area contributed by atoms with E-state index >= 15 is 0 Å². The summed E-state index contributed by atoms with van der Waals surface area (Å²) in [6.45, 7) is 0. The molecular weight excluding hydrogens is 719 g/mol. The molecule has 2 heteroatoms. The topological polar surface area (TPSA) is 3.24 Å². The highest BCUT2D eigenvalue weighted by molar-refractivity contribution is 7.26. The van der Waals surface area contributed by atoms with Crippen LogP contribution in [0.3, 0.4) is 0 Å². The summed E-state index contributed by atoms with van der Waals surface area (Å²) in [5.74, 6) is 0. The minimum Gasteiger partial charge on any atom is -0.311 e. The van der Waals surface area contributed by atoms with Crippen molar-refractivity contribution in [2.45, 2.75) is 0 Å². The molecule has 0 atom stereocenters. The minimum absolute atomic E-state index is 1.10. The maximum Gasteiger partial charge on any atom is 0.0462 e. The Balaban J connectivity index is 0.957. The van der Waals surface area contributed by atoms with Crippen LogP contribution in [-0.4, -0.2) is 0 Å². The molecular formula is C56H37NS. The molecule has 10 aromatic carbocycles. The number of hydrogen-bond acceptors (Lipinski definition) is 2. The number of hydrogen-bond donors (Lipinski definition) is 0. The van der Waals surface area contributed by atoms with Gasteiger partial charge in [0.2, 0.25) is 0 Å². The van der Waals surface area contributed by atoms with Crippen molar-refractivity contribution in [1.29, 1.82) is 0 Å². The van der Waals surface area contributed by atoms with Crippen molar-refractivity contribution in [3.8, 4) is 44.5 Å². The Hall–Kier alpha value is -7.26. The quantitative estimate of drug-likeness (QED) is 0.157. The highest BCUT2D eigenvalue weighted by Gasteiger charge is 2.16. The molecule has 0 spiro atoms. The number of fused-ring (bicyclic) bond motifs is 5. The normalized spacial score (nSPS) is 11.4. The number of nitrogens with zero attached hydrogens (tertiary/aromatic N) is 1. The molecule has 0 bridgehead atoms. The van der Waals surface area contributed by atoms with E-state index in [1.54, 1.807) is 0 Å². The molecule has 0 N–H and O–H groups in total. The number of anilines is 3. The van der Waals surface area contributed by atoms with Gasteiger partial charge < -0.3 is 4.90 Å². The van der Waals surface area contributed by atoms with Crippen molar-refractivity contribution in [3.05, 3.63) is 224 Å². The van der Waals surface area contributed by atoms with Gasteiger partial charge in [0.15, 0.2) is 0 Å². The van der Waals surface area contributed by atoms with E-state index < -0.39 is 0 Å². The number of benzene rings is 10. The molecule has 11 rings (SSSR count). The van der Waals surface area contributed by atoms with Gasteiger partial charge in [-0.1, -0.05) is 182 Å². The zero-order valence-corrected chi connectivity index (χ0v) is 32.5. The van der Waals surface area contributed by atoms with E-state index in [4.69, 9.17) is 0 Å². The van der Waals surface area contributed by atoms with Crippen LogP contribution in [0.5, 0.6) is 0 Å². The number of rotatable bonds is 7. The molecule has 0 saturated heterocycles. The van der Waals surface area contributed by atoms with Crippen LogP contribution in [0.4, 0.5) is 17.1 Å². The largest absolute Gasteiger partial charge is 0.311 e. The molecule has 1 nitrogen and oxygen atoms in total. The summed E-state index contributed by atoms with van der Waals surface area (Å²) in [5.41, 5.74) is 13.1. The van der Waals surface area contributed by atoms with E-state index in [1.165, 1.54) is 86.2 Å². The van der Waals surface area contributed by atoms with Crippen LogP contribution in [0.1, 0.15) is 0 Å². The summed E-state index contributed by atoms with van der Waals surface area (Å²) in [5, 5.41) is 7.69. The monoisotopic (exact) mass is 755 g/mol. The van der Waals surface area contributed by atoms with Crippen molar-refractivity contribution < 1.29 is 0 Å². The standard InChI is InChI=1S/C56H37NS/c1-3-14-48-40(10-1)12-7-17-50(48)42-24-22-38(23-25-42)39-26-32-45(33-27-39)57(46-34-28-43(29-35-46)51-18-8-13-41-11-2-4-15-49(41)51)47-36-30-44(31-37-47)52-19-9-20-54-53-16-5-6-21-55(53)58-56(52)54/h1-37H. The molecule has 0 aliphatic heterocycles. The summed E-state index contributed by atoms with van der Waals surface area (Å²) in [7, 11) is 0. The van der Waals surface area contributed by atoms with Crippen LogP contribution in [0, 0.1) is 0 Å². The maximum absolute atomic E-state index is 2.37. The zero-order valence-electron chi connectivity index (χ0n) is 31.7. The Bertz CT molecular complexity index is 3240. The van der Waals surface area contributed by atoms with E-state index in [0.29, 0.717) is 0 Å². The third-order valence-electron chi connectivity index (χ3n) is 11.5. The van der Waals surface area contributed by atoms with Crippen LogP contribution in [0.2, 0.25) is 0 Å². The molecule has 11 aromatic rings. The van der Waals surface area contributed by atoms with E-state index in [2.05, 4.69) is 229 Å². The van der Waals surface area contributed by atoms with E-state index in [0.717, 1.165) is 17.1 Å². The van der Waals surface area contributed by atoms with Crippen LogP contribution in [0.25, 0.3) is 86.2 Å². The fourth-order valence-corrected chi connectivity index (χ4v) is 9.84. The predicted molar refractivity (Wildman–Crippen MR) is 251 cm³/mol. The van der Waals surface area contributed by atoms with Crippen LogP contribution in [-0.2, 0) is 0 Å². The van der Waals surface area contributed by atoms with Gasteiger partial charge in [0.1, 0.15) is 0 Å². The molecule has 0 radical (unpaired) electrons. The van der Waals surface area contributed by atoms with E-state index in [9.17, 15) is 0 Å². The Morgan fingerprint density at radius 3 is 1.17 bits per heavy atom.